The van der Waals surface area contributed by atoms with Crippen molar-refractivity contribution in [2.45, 2.75) is 153 Å². The topological polar surface area (TPSA) is 263 Å². The van der Waals surface area contributed by atoms with Gasteiger partial charge in [0.1, 0.15) is 50.3 Å². The number of nitrogens with one attached hydrogen (secondary N) is 1. The Hall–Kier alpha value is -0.935. The SMILES string of the molecule is [B][C@@H]1O[C@H](COC(C)C)C(OP(=O)(O)OCCCCCCNC(=O)CCCC(=O)CCCOCCOCCOCCOP(=O)(O)OC[C@H]2O[C@@H](C)[C@@H](O)C2OC(C)C)[C@@H]1O. The van der Waals surface area contributed by atoms with Crippen LogP contribution < -0.4 is 5.32 Å². The third kappa shape index (κ3) is 24.2. The molecular formula is C37H70BNO19P2. The maximum atomic E-state index is 12.4. The van der Waals surface area contributed by atoms with E-state index in [1.807, 2.05) is 27.7 Å². The third-order valence-electron chi connectivity index (χ3n) is 9.10. The number of phosphoric acid groups is 2. The van der Waals surface area contributed by atoms with E-state index in [1.165, 1.54) is 0 Å². The lowest BCUT2D eigenvalue weighted by Crippen LogP contribution is -2.38. The van der Waals surface area contributed by atoms with Crippen molar-refractivity contribution in [2.24, 2.45) is 0 Å². The first-order chi connectivity index (χ1) is 28.4. The molecule has 4 unspecified atom stereocenters. The zero-order chi connectivity index (χ0) is 44.6. The lowest BCUT2D eigenvalue weighted by atomic mass is 9.93. The highest BCUT2D eigenvalue weighted by Crippen LogP contribution is 2.47. The minimum Gasteiger partial charge on any atom is -0.388 e. The number of hydrogen-bond acceptors (Lipinski definition) is 17. The summed E-state index contributed by atoms with van der Waals surface area (Å²) in [5, 5.41) is 23.3. The smallest absolute Gasteiger partial charge is 0.388 e. The number of carbonyl (C=O) groups is 2. The van der Waals surface area contributed by atoms with Crippen molar-refractivity contribution in [3.63, 3.8) is 0 Å². The van der Waals surface area contributed by atoms with Crippen molar-refractivity contribution in [3.05, 3.63) is 0 Å². The van der Waals surface area contributed by atoms with E-state index in [9.17, 15) is 38.7 Å². The van der Waals surface area contributed by atoms with Gasteiger partial charge in [-0.1, -0.05) is 12.8 Å². The van der Waals surface area contributed by atoms with Crippen LogP contribution in [-0.2, 0) is 70.0 Å². The van der Waals surface area contributed by atoms with Gasteiger partial charge in [0.05, 0.1) is 77.8 Å². The number of amides is 1. The van der Waals surface area contributed by atoms with Gasteiger partial charge in [-0.05, 0) is 60.3 Å². The molecule has 0 aromatic carbocycles. The number of hydrogen-bond donors (Lipinski definition) is 5. The van der Waals surface area contributed by atoms with E-state index in [2.05, 4.69) is 5.32 Å². The van der Waals surface area contributed by atoms with Gasteiger partial charge in [0, 0.05) is 38.4 Å². The fourth-order valence-electron chi connectivity index (χ4n) is 6.02. The first kappa shape index (κ1) is 55.2. The highest BCUT2D eigenvalue weighted by Gasteiger charge is 2.46. The number of Topliss-reactive ketones (excluding diaryl/α,β-unsaturated/α-hetero) is 1. The number of ketones is 1. The van der Waals surface area contributed by atoms with Crippen LogP contribution in [0.25, 0.3) is 0 Å². The Morgan fingerprint density at radius 2 is 1.27 bits per heavy atom. The van der Waals surface area contributed by atoms with Crippen molar-refractivity contribution < 1.29 is 90.0 Å². The maximum absolute atomic E-state index is 12.4. The Balaban J connectivity index is 1.36. The van der Waals surface area contributed by atoms with Gasteiger partial charge in [-0.25, -0.2) is 9.13 Å². The number of ether oxygens (including phenoxy) is 7. The summed E-state index contributed by atoms with van der Waals surface area (Å²) in [5.41, 5.74) is 0. The number of aliphatic hydroxyl groups is 2. The molecule has 350 valence electrons. The molecule has 0 bridgehead atoms. The molecule has 1 amide bonds. The molecule has 0 aromatic rings. The molecule has 20 nitrogen and oxygen atoms in total. The molecule has 23 heteroatoms. The summed E-state index contributed by atoms with van der Waals surface area (Å²) in [7, 11) is -3.14. The molecule has 2 aliphatic heterocycles. The highest BCUT2D eigenvalue weighted by atomic mass is 31.2. The van der Waals surface area contributed by atoms with E-state index in [-0.39, 0.29) is 76.6 Å². The Morgan fingerprint density at radius 3 is 1.93 bits per heavy atom. The van der Waals surface area contributed by atoms with E-state index < -0.39 is 64.4 Å². The molecule has 10 atom stereocenters. The number of unbranched alkanes of at least 4 members (excludes halogenated alkanes) is 3. The van der Waals surface area contributed by atoms with Crippen molar-refractivity contribution in [2.75, 3.05) is 72.6 Å². The van der Waals surface area contributed by atoms with Crippen LogP contribution in [0.15, 0.2) is 0 Å². The summed E-state index contributed by atoms with van der Waals surface area (Å²) >= 11 is 0. The third-order valence-corrected chi connectivity index (χ3v) is 11.1. The van der Waals surface area contributed by atoms with Crippen molar-refractivity contribution >= 4 is 35.2 Å². The molecular weight excluding hydrogens is 835 g/mol. The lowest BCUT2D eigenvalue weighted by Gasteiger charge is -2.23. The molecule has 2 heterocycles. The van der Waals surface area contributed by atoms with Gasteiger partial charge in [0.15, 0.2) is 0 Å². The Labute approximate surface area is 355 Å². The van der Waals surface area contributed by atoms with E-state index in [0.29, 0.717) is 71.3 Å². The zero-order valence-corrected chi connectivity index (χ0v) is 37.6. The largest absolute Gasteiger partial charge is 0.472 e. The Morgan fingerprint density at radius 1 is 0.667 bits per heavy atom. The van der Waals surface area contributed by atoms with Crippen LogP contribution in [0.2, 0.25) is 0 Å². The molecule has 0 spiro atoms. The minimum atomic E-state index is -4.48. The molecule has 2 rings (SSSR count). The van der Waals surface area contributed by atoms with Crippen LogP contribution in [0.4, 0.5) is 0 Å². The number of rotatable bonds is 36. The van der Waals surface area contributed by atoms with Crippen LogP contribution in [0.1, 0.15) is 92.4 Å². The fraction of sp³-hybridized carbons (Fsp3) is 0.946. The summed E-state index contributed by atoms with van der Waals surface area (Å²) in [6.07, 6.45) is -1.84. The predicted molar refractivity (Wildman–Crippen MR) is 216 cm³/mol. The molecule has 2 fully saturated rings. The number of carbonyl (C=O) groups excluding carboxylic acids is 2. The summed E-state index contributed by atoms with van der Waals surface area (Å²) in [4.78, 5) is 44.4. The van der Waals surface area contributed by atoms with Crippen molar-refractivity contribution in [1.29, 1.82) is 0 Å². The second-order valence-corrected chi connectivity index (χ2v) is 18.0. The standard InChI is InChI=1S/C37H70BNO19P2/c1-26(2)51-24-30-36(34(43)37(38)57-30)58-60(46,47)52-17-9-7-6-8-15-39-32(41)14-10-12-29(40)13-11-16-48-18-19-49-20-21-50-22-23-53-59(44,45)54-25-31-35(55-27(3)4)33(42)28(5)56-31/h26-28,30-31,33-37,42-43H,6-25H2,1-5H3,(H,39,41)(H,44,45)(H,46,47)/t28-,30+,31+,33+,34-,35?,36?,37+/m0/s1. The van der Waals surface area contributed by atoms with E-state index in [0.717, 1.165) is 6.42 Å². The molecule has 60 heavy (non-hydrogen) atoms. The first-order valence-corrected chi connectivity index (χ1v) is 23.9. The highest BCUT2D eigenvalue weighted by molar-refractivity contribution is 7.47. The van der Waals surface area contributed by atoms with Gasteiger partial charge in [-0.2, -0.15) is 0 Å². The molecule has 0 aromatic heterocycles. The van der Waals surface area contributed by atoms with Gasteiger partial charge in [-0.3, -0.25) is 27.7 Å². The van der Waals surface area contributed by atoms with Crippen LogP contribution >= 0.6 is 15.6 Å². The van der Waals surface area contributed by atoms with Gasteiger partial charge in [0.2, 0.25) is 5.91 Å². The average Bonchev–Trinajstić information content (AvgIpc) is 3.59. The van der Waals surface area contributed by atoms with E-state index >= 15 is 0 Å². The quantitative estimate of drug-likeness (QED) is 0.0344. The summed E-state index contributed by atoms with van der Waals surface area (Å²) in [6.45, 7) is 10.5. The van der Waals surface area contributed by atoms with Gasteiger partial charge in [-0.15, -0.1) is 0 Å². The molecule has 0 saturated carbocycles. The van der Waals surface area contributed by atoms with Crippen LogP contribution in [-0.4, -0.2) is 173 Å². The maximum Gasteiger partial charge on any atom is 0.472 e. The molecule has 0 aliphatic carbocycles. The van der Waals surface area contributed by atoms with Gasteiger partial charge >= 0.3 is 15.6 Å². The monoisotopic (exact) mass is 905 g/mol. The summed E-state index contributed by atoms with van der Waals surface area (Å²) in [6, 6.07) is -1.08. The molecule has 2 aliphatic rings. The van der Waals surface area contributed by atoms with Gasteiger partial charge < -0.3 is 58.5 Å². The number of phosphoric ester groups is 2. The number of aliphatic hydroxyl groups excluding tert-OH is 2. The van der Waals surface area contributed by atoms with E-state index in [4.69, 9.17) is 59.1 Å². The first-order valence-electron chi connectivity index (χ1n) is 20.9. The summed E-state index contributed by atoms with van der Waals surface area (Å²) in [5.74, 6) is -0.0666. The van der Waals surface area contributed by atoms with Crippen molar-refractivity contribution in [1.82, 2.24) is 5.32 Å². The van der Waals surface area contributed by atoms with Crippen LogP contribution in [0.3, 0.4) is 0 Å². The predicted octanol–water partition coefficient (Wildman–Crippen LogP) is 2.49. The van der Waals surface area contributed by atoms with Crippen molar-refractivity contribution in [3.8, 4) is 0 Å². The molecule has 2 radical (unpaired) electrons. The normalized spacial score (nSPS) is 26.4. The minimum absolute atomic E-state index is 0.0285. The second-order valence-electron chi connectivity index (χ2n) is 15.1. The second kappa shape index (κ2) is 30.2. The molecule has 2 saturated heterocycles. The van der Waals surface area contributed by atoms with Gasteiger partial charge in [0.25, 0.3) is 0 Å². The Bertz CT molecular complexity index is 1290. The van der Waals surface area contributed by atoms with Crippen LogP contribution in [0, 0.1) is 0 Å². The Kier molecular flexibility index (Phi) is 27.8. The molecule has 5 N–H and O–H groups in total. The fourth-order valence-corrected chi connectivity index (χ4v) is 7.72. The average molecular weight is 906 g/mol. The lowest BCUT2D eigenvalue weighted by molar-refractivity contribution is -0.121. The van der Waals surface area contributed by atoms with E-state index in [1.54, 1.807) is 6.92 Å². The van der Waals surface area contributed by atoms with Crippen LogP contribution in [0.5, 0.6) is 0 Å². The zero-order valence-electron chi connectivity index (χ0n) is 35.8. The summed E-state index contributed by atoms with van der Waals surface area (Å²) < 4.78 is 83.2.